The van der Waals surface area contributed by atoms with E-state index < -0.39 is 0 Å². The predicted octanol–water partition coefficient (Wildman–Crippen LogP) is 1.51. The van der Waals surface area contributed by atoms with Crippen LogP contribution in [0.15, 0.2) is 27.8 Å². The first-order valence-corrected chi connectivity index (χ1v) is 9.17. The van der Waals surface area contributed by atoms with Crippen molar-refractivity contribution in [2.24, 2.45) is 10.9 Å². The van der Waals surface area contributed by atoms with Gasteiger partial charge in [-0.25, -0.2) is 0 Å². The fourth-order valence-electron chi connectivity index (χ4n) is 2.59. The van der Waals surface area contributed by atoms with Crippen LogP contribution in [0.3, 0.4) is 0 Å². The van der Waals surface area contributed by atoms with Crippen LogP contribution >= 0.6 is 24.0 Å². The smallest absolute Gasteiger partial charge is 0.239 e. The number of furan rings is 1. The molecule has 1 aliphatic heterocycles. The molecule has 0 unspecified atom stereocenters. The fourth-order valence-corrected chi connectivity index (χ4v) is 2.59. The van der Waals surface area contributed by atoms with Gasteiger partial charge in [0.05, 0.1) is 19.4 Å². The maximum Gasteiger partial charge on any atom is 0.239 e. The zero-order valence-electron chi connectivity index (χ0n) is 15.9. The maximum absolute atomic E-state index is 11.8. The summed E-state index contributed by atoms with van der Waals surface area (Å²) in [4.78, 5) is 15.9. The molecule has 1 aliphatic rings. The average molecular weight is 494 g/mol. The van der Waals surface area contributed by atoms with Gasteiger partial charge in [-0.05, 0) is 37.3 Å². The molecule has 3 N–H and O–H groups in total. The molecule has 0 bridgehead atoms. The number of carbonyl (C=O) groups excluding carboxylic acids is 1. The zero-order chi connectivity index (χ0) is 18.5. The molecule has 0 saturated carbocycles. The summed E-state index contributed by atoms with van der Waals surface area (Å²) >= 11 is 0. The summed E-state index contributed by atoms with van der Waals surface area (Å²) in [6.07, 6.45) is 4.65. The van der Waals surface area contributed by atoms with Crippen molar-refractivity contribution in [3.8, 4) is 0 Å². The molecule has 2 heterocycles. The van der Waals surface area contributed by atoms with Crippen molar-refractivity contribution in [1.29, 1.82) is 0 Å². The van der Waals surface area contributed by atoms with Gasteiger partial charge in [0.1, 0.15) is 5.76 Å². The Hall–Kier alpha value is -1.33. The second-order valence-electron chi connectivity index (χ2n) is 6.19. The molecule has 0 radical (unpaired) electrons. The van der Waals surface area contributed by atoms with E-state index >= 15 is 0 Å². The lowest BCUT2D eigenvalue weighted by atomic mass is 10.0. The first-order valence-electron chi connectivity index (χ1n) is 9.17. The van der Waals surface area contributed by atoms with Gasteiger partial charge in [0, 0.05) is 40.0 Å². The molecule has 9 heteroatoms. The highest BCUT2D eigenvalue weighted by molar-refractivity contribution is 14.0. The Morgan fingerprint density at radius 2 is 2.11 bits per heavy atom. The van der Waals surface area contributed by atoms with Gasteiger partial charge < -0.3 is 29.8 Å². The van der Waals surface area contributed by atoms with E-state index in [0.717, 1.165) is 51.4 Å². The Morgan fingerprint density at radius 1 is 1.30 bits per heavy atom. The number of nitrogens with one attached hydrogen (secondary N) is 3. The molecule has 2 rings (SSSR count). The van der Waals surface area contributed by atoms with Crippen molar-refractivity contribution in [2.75, 3.05) is 46.6 Å². The molecule has 0 atom stereocenters. The lowest BCUT2D eigenvalue weighted by molar-refractivity contribution is -0.120. The van der Waals surface area contributed by atoms with Gasteiger partial charge in [0.25, 0.3) is 0 Å². The van der Waals surface area contributed by atoms with E-state index in [1.165, 1.54) is 0 Å². The van der Waals surface area contributed by atoms with Gasteiger partial charge in [0.2, 0.25) is 5.91 Å². The van der Waals surface area contributed by atoms with E-state index in [0.29, 0.717) is 25.0 Å². The molecule has 8 nitrogen and oxygen atoms in total. The average Bonchev–Trinajstić information content (AvgIpc) is 3.19. The number of ether oxygens (including phenoxy) is 2. The van der Waals surface area contributed by atoms with Crippen LogP contribution < -0.4 is 16.0 Å². The first-order chi connectivity index (χ1) is 12.8. The molecule has 1 aromatic rings. The van der Waals surface area contributed by atoms with Crippen LogP contribution in [0, 0.1) is 5.92 Å². The van der Waals surface area contributed by atoms with Crippen molar-refractivity contribution >= 4 is 35.8 Å². The van der Waals surface area contributed by atoms with Crippen molar-refractivity contribution in [3.63, 3.8) is 0 Å². The number of carbonyl (C=O) groups is 1. The lowest BCUT2D eigenvalue weighted by Crippen LogP contribution is -2.43. The van der Waals surface area contributed by atoms with Gasteiger partial charge in [-0.15, -0.1) is 24.0 Å². The standard InChI is InChI=1S/C18H30N4O4.HI/c1-19-18(22-13-17(23)21-12-16-4-2-9-26-16)20-7-3-8-25-14-15-5-10-24-11-6-15;/h2,4,9,15H,3,5-8,10-14H2,1H3,(H,21,23)(H2,19,20,22);1H. The number of rotatable bonds is 10. The van der Waals surface area contributed by atoms with Crippen molar-refractivity contribution in [1.82, 2.24) is 16.0 Å². The highest BCUT2D eigenvalue weighted by Crippen LogP contribution is 2.14. The Balaban J connectivity index is 0.00000364. The first kappa shape index (κ1) is 23.7. The summed E-state index contributed by atoms with van der Waals surface area (Å²) in [7, 11) is 1.68. The third-order valence-corrected chi connectivity index (χ3v) is 4.13. The van der Waals surface area contributed by atoms with Crippen LogP contribution in [0.4, 0.5) is 0 Å². The Kier molecular flexibility index (Phi) is 12.9. The fraction of sp³-hybridized carbons (Fsp3) is 0.667. The molecule has 1 fully saturated rings. The quantitative estimate of drug-likeness (QED) is 0.198. The van der Waals surface area contributed by atoms with Gasteiger partial charge in [0.15, 0.2) is 5.96 Å². The van der Waals surface area contributed by atoms with Crippen LogP contribution in [-0.4, -0.2) is 58.4 Å². The monoisotopic (exact) mass is 494 g/mol. The van der Waals surface area contributed by atoms with E-state index in [9.17, 15) is 4.79 Å². The minimum atomic E-state index is -0.121. The van der Waals surface area contributed by atoms with Gasteiger partial charge >= 0.3 is 0 Å². The molecule has 0 aliphatic carbocycles. The SMILES string of the molecule is CN=C(NCCCOCC1CCOCC1)NCC(=O)NCc1ccco1.I. The molecular formula is C18H31IN4O4. The molecule has 0 aromatic carbocycles. The number of halogens is 1. The van der Waals surface area contributed by atoms with Gasteiger partial charge in [-0.3, -0.25) is 9.79 Å². The number of aliphatic imine (C=N–C) groups is 1. The minimum absolute atomic E-state index is 0. The van der Waals surface area contributed by atoms with Gasteiger partial charge in [-0.1, -0.05) is 0 Å². The number of guanidine groups is 1. The van der Waals surface area contributed by atoms with Crippen LogP contribution in [0.2, 0.25) is 0 Å². The van der Waals surface area contributed by atoms with E-state index in [1.807, 2.05) is 6.07 Å². The summed E-state index contributed by atoms with van der Waals surface area (Å²) in [5.74, 6) is 1.83. The number of hydrogen-bond acceptors (Lipinski definition) is 5. The summed E-state index contributed by atoms with van der Waals surface area (Å²) in [6.45, 7) is 4.50. The normalized spacial score (nSPS) is 15.1. The second-order valence-corrected chi connectivity index (χ2v) is 6.19. The van der Waals surface area contributed by atoms with E-state index in [1.54, 1.807) is 19.4 Å². The van der Waals surface area contributed by atoms with Crippen LogP contribution in [0.25, 0.3) is 0 Å². The Bertz CT molecular complexity index is 533. The predicted molar refractivity (Wildman–Crippen MR) is 114 cm³/mol. The molecule has 27 heavy (non-hydrogen) atoms. The summed E-state index contributed by atoms with van der Waals surface area (Å²) in [5, 5.41) is 8.93. The number of amides is 1. The lowest BCUT2D eigenvalue weighted by Gasteiger charge is -2.21. The van der Waals surface area contributed by atoms with E-state index in [2.05, 4.69) is 20.9 Å². The highest BCUT2D eigenvalue weighted by Gasteiger charge is 2.13. The molecule has 1 amide bonds. The van der Waals surface area contributed by atoms with E-state index in [4.69, 9.17) is 13.9 Å². The largest absolute Gasteiger partial charge is 0.467 e. The van der Waals surface area contributed by atoms with Crippen LogP contribution in [0.5, 0.6) is 0 Å². The number of hydrogen-bond donors (Lipinski definition) is 3. The van der Waals surface area contributed by atoms with Crippen molar-refractivity contribution < 1.29 is 18.7 Å². The molecular weight excluding hydrogens is 463 g/mol. The van der Waals surface area contributed by atoms with Crippen LogP contribution in [-0.2, 0) is 20.8 Å². The Labute approximate surface area is 177 Å². The molecule has 1 saturated heterocycles. The topological polar surface area (TPSA) is 97.1 Å². The minimum Gasteiger partial charge on any atom is -0.467 e. The molecule has 0 spiro atoms. The Morgan fingerprint density at radius 3 is 2.81 bits per heavy atom. The summed E-state index contributed by atoms with van der Waals surface area (Å²) < 4.78 is 16.2. The summed E-state index contributed by atoms with van der Waals surface area (Å²) in [6, 6.07) is 3.61. The zero-order valence-corrected chi connectivity index (χ0v) is 18.2. The third kappa shape index (κ3) is 10.5. The summed E-state index contributed by atoms with van der Waals surface area (Å²) in [5.41, 5.74) is 0. The van der Waals surface area contributed by atoms with E-state index in [-0.39, 0.29) is 36.4 Å². The maximum atomic E-state index is 11.8. The second kappa shape index (κ2) is 14.7. The number of nitrogens with zero attached hydrogens (tertiary/aromatic N) is 1. The highest BCUT2D eigenvalue weighted by atomic mass is 127. The van der Waals surface area contributed by atoms with Crippen molar-refractivity contribution in [3.05, 3.63) is 24.2 Å². The third-order valence-electron chi connectivity index (χ3n) is 4.13. The molecule has 1 aromatic heterocycles. The molecule has 154 valence electrons. The van der Waals surface area contributed by atoms with Crippen LogP contribution in [0.1, 0.15) is 25.0 Å². The van der Waals surface area contributed by atoms with Crippen molar-refractivity contribution in [2.45, 2.75) is 25.8 Å². The van der Waals surface area contributed by atoms with Gasteiger partial charge in [-0.2, -0.15) is 0 Å².